The van der Waals surface area contributed by atoms with Gasteiger partial charge < -0.3 is 9.72 Å². The Kier molecular flexibility index (Phi) is 3.94. The van der Waals surface area contributed by atoms with Gasteiger partial charge in [-0.05, 0) is 6.92 Å². The molecule has 0 saturated heterocycles. The summed E-state index contributed by atoms with van der Waals surface area (Å²) < 4.78 is 41.6. The summed E-state index contributed by atoms with van der Waals surface area (Å²) in [7, 11) is 0. The van der Waals surface area contributed by atoms with Gasteiger partial charge in [-0.15, -0.1) is 0 Å². The van der Waals surface area contributed by atoms with E-state index in [1.807, 2.05) is 0 Å². The number of alkyl halides is 3. The molecular formula is C9H9F3N2O4. The van der Waals surface area contributed by atoms with Crippen molar-refractivity contribution in [3.63, 3.8) is 0 Å². The zero-order valence-electron chi connectivity index (χ0n) is 9.21. The van der Waals surface area contributed by atoms with Gasteiger partial charge in [0.2, 0.25) is 0 Å². The molecule has 100 valence electrons. The summed E-state index contributed by atoms with van der Waals surface area (Å²) in [5, 5.41) is 0. The molecule has 0 aliphatic heterocycles. The zero-order valence-corrected chi connectivity index (χ0v) is 9.21. The fraction of sp³-hybridized carbons (Fsp3) is 0.444. The number of carbonyl (C=O) groups is 1. The third-order valence-electron chi connectivity index (χ3n) is 1.92. The second kappa shape index (κ2) is 5.07. The third-order valence-corrected chi connectivity index (χ3v) is 1.92. The number of esters is 1. The maximum Gasteiger partial charge on any atom is 0.431 e. The molecule has 1 rings (SSSR count). The van der Waals surface area contributed by atoms with Crippen molar-refractivity contribution in [3.8, 4) is 0 Å². The van der Waals surface area contributed by atoms with Gasteiger partial charge in [-0.2, -0.15) is 13.2 Å². The van der Waals surface area contributed by atoms with Crippen LogP contribution in [0.25, 0.3) is 0 Å². The first-order valence-corrected chi connectivity index (χ1v) is 4.82. The number of nitrogens with one attached hydrogen (secondary N) is 1. The number of hydrogen-bond acceptors (Lipinski definition) is 4. The van der Waals surface area contributed by atoms with E-state index in [0.717, 1.165) is 0 Å². The van der Waals surface area contributed by atoms with Crippen molar-refractivity contribution in [2.24, 2.45) is 0 Å². The lowest BCUT2D eigenvalue weighted by molar-refractivity contribution is -0.144. The fourth-order valence-electron chi connectivity index (χ4n) is 1.16. The molecule has 0 fully saturated rings. The Morgan fingerprint density at radius 1 is 1.44 bits per heavy atom. The predicted molar refractivity (Wildman–Crippen MR) is 53.0 cm³/mol. The van der Waals surface area contributed by atoms with Gasteiger partial charge in [-0.1, -0.05) is 0 Å². The topological polar surface area (TPSA) is 81.2 Å². The van der Waals surface area contributed by atoms with Crippen LogP contribution in [0.4, 0.5) is 13.2 Å². The third kappa shape index (κ3) is 3.22. The smallest absolute Gasteiger partial charge is 0.431 e. The second-order valence-electron chi connectivity index (χ2n) is 3.22. The lowest BCUT2D eigenvalue weighted by Gasteiger charge is -2.08. The molecule has 0 saturated carbocycles. The number of nitrogens with zero attached hydrogens (tertiary/aromatic N) is 1. The number of halogens is 3. The molecule has 0 aromatic carbocycles. The standard InChI is InChI=1S/C9H9F3N2O4/c1-2-18-7(16)4-14-6(15)3-5(9(10,11)12)13-8(14)17/h3H,2,4H2,1H3,(H,13,17). The molecule has 0 aliphatic rings. The summed E-state index contributed by atoms with van der Waals surface area (Å²) >= 11 is 0. The molecule has 0 amide bonds. The van der Waals surface area contributed by atoms with Gasteiger partial charge in [0, 0.05) is 6.07 Å². The molecule has 0 spiro atoms. The number of hydrogen-bond donors (Lipinski definition) is 1. The zero-order chi connectivity index (χ0) is 13.9. The molecule has 1 aromatic heterocycles. The van der Waals surface area contributed by atoms with E-state index in [-0.39, 0.29) is 12.7 Å². The van der Waals surface area contributed by atoms with E-state index >= 15 is 0 Å². The van der Waals surface area contributed by atoms with Crippen LogP contribution in [0.1, 0.15) is 12.6 Å². The van der Waals surface area contributed by atoms with Crippen LogP contribution in [0.3, 0.4) is 0 Å². The highest BCUT2D eigenvalue weighted by atomic mass is 19.4. The minimum absolute atomic E-state index is 0.0339. The number of H-pyrrole nitrogens is 1. The first kappa shape index (κ1) is 14.0. The van der Waals surface area contributed by atoms with Gasteiger partial charge in [-0.25, -0.2) is 9.36 Å². The van der Waals surface area contributed by atoms with E-state index in [4.69, 9.17) is 0 Å². The summed E-state index contributed by atoms with van der Waals surface area (Å²) in [4.78, 5) is 35.0. The highest BCUT2D eigenvalue weighted by Crippen LogP contribution is 2.25. The van der Waals surface area contributed by atoms with Crippen molar-refractivity contribution in [2.45, 2.75) is 19.6 Å². The maximum absolute atomic E-state index is 12.3. The summed E-state index contributed by atoms with van der Waals surface area (Å²) in [5.41, 5.74) is -4.00. The summed E-state index contributed by atoms with van der Waals surface area (Å²) in [6, 6.07) is 0.209. The van der Waals surface area contributed by atoms with E-state index in [1.54, 1.807) is 0 Å². The Balaban J connectivity index is 3.15. The Bertz CT molecular complexity index is 527. The Labute approximate surface area is 98.0 Å². The Morgan fingerprint density at radius 3 is 2.50 bits per heavy atom. The van der Waals surface area contributed by atoms with Crippen molar-refractivity contribution in [2.75, 3.05) is 6.61 Å². The molecule has 0 atom stereocenters. The van der Waals surface area contributed by atoms with Crippen LogP contribution in [0, 0.1) is 0 Å². The van der Waals surface area contributed by atoms with Crippen molar-refractivity contribution < 1.29 is 22.7 Å². The van der Waals surface area contributed by atoms with Gasteiger partial charge in [0.25, 0.3) is 5.56 Å². The lowest BCUT2D eigenvalue weighted by Crippen LogP contribution is -2.39. The van der Waals surface area contributed by atoms with Crippen LogP contribution in [0.15, 0.2) is 15.7 Å². The SMILES string of the molecule is CCOC(=O)Cn1c(=O)cc(C(F)(F)F)[nH]c1=O. The van der Waals surface area contributed by atoms with Crippen LogP contribution < -0.4 is 11.2 Å². The molecule has 0 bridgehead atoms. The number of ether oxygens (including phenoxy) is 1. The van der Waals surface area contributed by atoms with Gasteiger partial charge in [-0.3, -0.25) is 9.59 Å². The van der Waals surface area contributed by atoms with Gasteiger partial charge in [0.1, 0.15) is 12.2 Å². The predicted octanol–water partition coefficient (Wildman–Crippen LogP) is 0.119. The van der Waals surface area contributed by atoms with Crippen LogP contribution in [-0.2, 0) is 22.3 Å². The molecule has 1 heterocycles. The minimum atomic E-state index is -4.83. The van der Waals surface area contributed by atoms with Crippen LogP contribution >= 0.6 is 0 Å². The first-order valence-electron chi connectivity index (χ1n) is 4.82. The van der Waals surface area contributed by atoms with Crippen LogP contribution in [0.5, 0.6) is 0 Å². The van der Waals surface area contributed by atoms with Crippen molar-refractivity contribution in [1.82, 2.24) is 9.55 Å². The lowest BCUT2D eigenvalue weighted by atomic mass is 10.4. The van der Waals surface area contributed by atoms with E-state index < -0.39 is 35.6 Å². The number of rotatable bonds is 3. The van der Waals surface area contributed by atoms with Crippen molar-refractivity contribution in [3.05, 3.63) is 32.6 Å². The normalized spacial score (nSPS) is 11.3. The molecule has 0 radical (unpaired) electrons. The van der Waals surface area contributed by atoms with Crippen molar-refractivity contribution in [1.29, 1.82) is 0 Å². The summed E-state index contributed by atoms with van der Waals surface area (Å²) in [6.07, 6.45) is -4.83. The van der Waals surface area contributed by atoms with Gasteiger partial charge >= 0.3 is 17.8 Å². The average Bonchev–Trinajstić information content (AvgIpc) is 2.22. The molecule has 0 unspecified atom stereocenters. The van der Waals surface area contributed by atoms with E-state index in [1.165, 1.54) is 11.9 Å². The van der Waals surface area contributed by atoms with Crippen molar-refractivity contribution >= 4 is 5.97 Å². The van der Waals surface area contributed by atoms with Crippen LogP contribution in [0.2, 0.25) is 0 Å². The second-order valence-corrected chi connectivity index (χ2v) is 3.22. The largest absolute Gasteiger partial charge is 0.465 e. The minimum Gasteiger partial charge on any atom is -0.465 e. The number of aromatic amines is 1. The molecular weight excluding hydrogens is 257 g/mol. The van der Waals surface area contributed by atoms with Gasteiger partial charge in [0.15, 0.2) is 0 Å². The molecule has 0 aliphatic carbocycles. The maximum atomic E-state index is 12.3. The van der Waals surface area contributed by atoms with E-state index in [2.05, 4.69) is 4.74 Å². The number of aromatic nitrogens is 2. The molecule has 18 heavy (non-hydrogen) atoms. The van der Waals surface area contributed by atoms with E-state index in [9.17, 15) is 27.6 Å². The molecule has 9 heteroatoms. The van der Waals surface area contributed by atoms with Gasteiger partial charge in [0.05, 0.1) is 6.61 Å². The Hall–Kier alpha value is -2.06. The number of carbonyl (C=O) groups excluding carboxylic acids is 1. The summed E-state index contributed by atoms with van der Waals surface area (Å²) in [5.74, 6) is -0.884. The monoisotopic (exact) mass is 266 g/mol. The highest BCUT2D eigenvalue weighted by molar-refractivity contribution is 5.69. The highest BCUT2D eigenvalue weighted by Gasteiger charge is 2.33. The first-order chi connectivity index (χ1) is 8.25. The molecule has 1 aromatic rings. The summed E-state index contributed by atoms with van der Waals surface area (Å²) in [6.45, 7) is 0.809. The van der Waals surface area contributed by atoms with Crippen LogP contribution in [-0.4, -0.2) is 22.1 Å². The Morgan fingerprint density at radius 2 is 2.06 bits per heavy atom. The molecule has 6 nitrogen and oxygen atoms in total. The molecule has 1 N–H and O–H groups in total. The fourth-order valence-corrected chi connectivity index (χ4v) is 1.16. The average molecular weight is 266 g/mol. The van der Waals surface area contributed by atoms with E-state index in [0.29, 0.717) is 4.57 Å². The quantitative estimate of drug-likeness (QED) is 0.788.